The van der Waals surface area contributed by atoms with Gasteiger partial charge in [0.15, 0.2) is 0 Å². The molecule has 0 spiro atoms. The van der Waals surface area contributed by atoms with E-state index < -0.39 is 6.17 Å². The quantitative estimate of drug-likeness (QED) is 0.894. The molecule has 2 rings (SSSR count). The molecule has 0 aliphatic heterocycles. The van der Waals surface area contributed by atoms with Crippen LogP contribution < -0.4 is 5.32 Å². The Labute approximate surface area is 121 Å². The Morgan fingerprint density at radius 3 is 2.45 bits per heavy atom. The summed E-state index contributed by atoms with van der Waals surface area (Å²) in [6, 6.07) is 6.70. The minimum absolute atomic E-state index is 0.0919. The van der Waals surface area contributed by atoms with Gasteiger partial charge < -0.3 is 10.4 Å². The van der Waals surface area contributed by atoms with Crippen molar-refractivity contribution in [3.8, 4) is 5.75 Å². The predicted octanol–water partition coefficient (Wildman–Crippen LogP) is 4.04. The first-order chi connectivity index (χ1) is 9.49. The van der Waals surface area contributed by atoms with E-state index in [0.29, 0.717) is 5.82 Å². The average molecular weight is 296 g/mol. The number of nitrogens with zero attached hydrogens (tertiary/aromatic N) is 2. The van der Waals surface area contributed by atoms with Crippen molar-refractivity contribution in [2.75, 3.05) is 5.32 Å². The summed E-state index contributed by atoms with van der Waals surface area (Å²) >= 11 is 6.09. The van der Waals surface area contributed by atoms with E-state index in [1.54, 1.807) is 24.3 Å². The van der Waals surface area contributed by atoms with Gasteiger partial charge in [-0.3, -0.25) is 0 Å². The molecule has 0 saturated carbocycles. The molecule has 2 atom stereocenters. The van der Waals surface area contributed by atoms with Gasteiger partial charge in [0.2, 0.25) is 0 Å². The molecule has 2 unspecified atom stereocenters. The Kier molecular flexibility index (Phi) is 4.39. The van der Waals surface area contributed by atoms with Crippen molar-refractivity contribution in [3.05, 3.63) is 46.9 Å². The number of nitrogens with one attached hydrogen (secondary N) is 1. The lowest BCUT2D eigenvalue weighted by molar-refractivity contribution is 0.365. The maximum absolute atomic E-state index is 13.3. The first-order valence-electron chi connectivity index (χ1n) is 6.19. The maximum Gasteiger partial charge on any atom is 0.149 e. The molecule has 0 fully saturated rings. The summed E-state index contributed by atoms with van der Waals surface area (Å²) in [5.74, 6) is 0.594. The Balaban J connectivity index is 2.21. The van der Waals surface area contributed by atoms with Gasteiger partial charge in [-0.15, -0.1) is 0 Å². The monoisotopic (exact) mass is 295 g/mol. The van der Waals surface area contributed by atoms with Crippen molar-refractivity contribution < 1.29 is 9.50 Å². The molecule has 6 heteroatoms. The van der Waals surface area contributed by atoms with E-state index in [2.05, 4.69) is 15.3 Å². The molecule has 0 bridgehead atoms. The number of halogens is 2. The smallest absolute Gasteiger partial charge is 0.149 e. The maximum atomic E-state index is 13.3. The number of benzene rings is 1. The fraction of sp³-hybridized carbons (Fsp3) is 0.286. The van der Waals surface area contributed by atoms with E-state index >= 15 is 0 Å². The van der Waals surface area contributed by atoms with Crippen LogP contribution in [0.1, 0.15) is 37.3 Å². The van der Waals surface area contributed by atoms with Crippen molar-refractivity contribution in [2.24, 2.45) is 0 Å². The molecule has 0 saturated heterocycles. The molecule has 20 heavy (non-hydrogen) atoms. The number of hydrogen-bond donors (Lipinski definition) is 2. The zero-order chi connectivity index (χ0) is 14.7. The number of hydrogen-bond acceptors (Lipinski definition) is 4. The van der Waals surface area contributed by atoms with Crippen LogP contribution in [0.2, 0.25) is 5.02 Å². The average Bonchev–Trinajstić information content (AvgIpc) is 2.41. The Morgan fingerprint density at radius 2 is 1.85 bits per heavy atom. The number of phenols is 1. The van der Waals surface area contributed by atoms with Crippen LogP contribution in [0.25, 0.3) is 0 Å². The van der Waals surface area contributed by atoms with E-state index in [9.17, 15) is 9.50 Å². The number of alkyl halides is 1. The van der Waals surface area contributed by atoms with Gasteiger partial charge in [0.1, 0.15) is 29.1 Å². The molecule has 4 nitrogen and oxygen atoms in total. The summed E-state index contributed by atoms with van der Waals surface area (Å²) in [6.07, 6.45) is 0.0263. The second-order valence-corrected chi connectivity index (χ2v) is 4.87. The van der Waals surface area contributed by atoms with Crippen LogP contribution >= 0.6 is 11.6 Å². The topological polar surface area (TPSA) is 58.0 Å². The lowest BCUT2D eigenvalue weighted by Crippen LogP contribution is -2.09. The summed E-state index contributed by atoms with van der Waals surface area (Å²) in [4.78, 5) is 7.87. The lowest BCUT2D eigenvalue weighted by Gasteiger charge is -2.17. The highest BCUT2D eigenvalue weighted by molar-refractivity contribution is 6.33. The zero-order valence-electron chi connectivity index (χ0n) is 11.1. The van der Waals surface area contributed by atoms with Gasteiger partial charge in [0.05, 0.1) is 5.69 Å². The minimum Gasteiger partial charge on any atom is -0.508 e. The molecular formula is C14H15ClFN3O. The normalized spacial score (nSPS) is 13.8. The Bertz CT molecular complexity index is 589. The van der Waals surface area contributed by atoms with Crippen molar-refractivity contribution in [1.29, 1.82) is 0 Å². The number of aromatic hydroxyl groups is 1. The van der Waals surface area contributed by atoms with E-state index in [4.69, 9.17) is 11.6 Å². The van der Waals surface area contributed by atoms with Crippen LogP contribution in [0.15, 0.2) is 30.6 Å². The fourth-order valence-electron chi connectivity index (χ4n) is 1.81. The third-order valence-corrected chi connectivity index (χ3v) is 3.31. The Morgan fingerprint density at radius 1 is 1.20 bits per heavy atom. The predicted molar refractivity (Wildman–Crippen MR) is 76.7 cm³/mol. The second-order valence-electron chi connectivity index (χ2n) is 4.50. The summed E-state index contributed by atoms with van der Waals surface area (Å²) in [5.41, 5.74) is 1.12. The van der Waals surface area contributed by atoms with Crippen LogP contribution in [0.4, 0.5) is 10.2 Å². The first-order valence-corrected chi connectivity index (χ1v) is 6.56. The highest BCUT2D eigenvalue weighted by Crippen LogP contribution is 2.30. The molecule has 2 aromatic rings. The summed E-state index contributed by atoms with van der Waals surface area (Å²) < 4.78 is 13.3. The highest BCUT2D eigenvalue weighted by atomic mass is 35.5. The molecule has 0 aliphatic rings. The summed E-state index contributed by atoms with van der Waals surface area (Å²) in [6.45, 7) is 3.30. The standard InChI is InChI=1S/C14H15ClFN3O/c1-8(16)13-12(15)14(18-7-17-13)19-9(2)10-3-5-11(20)6-4-10/h3-9,20H,1-2H3,(H,17,18,19). The van der Waals surface area contributed by atoms with E-state index in [0.717, 1.165) is 5.56 Å². The van der Waals surface area contributed by atoms with Gasteiger partial charge in [-0.2, -0.15) is 0 Å². The molecule has 1 aromatic carbocycles. The third kappa shape index (κ3) is 3.17. The van der Waals surface area contributed by atoms with Crippen LogP contribution in [0.5, 0.6) is 5.75 Å². The summed E-state index contributed by atoms with van der Waals surface area (Å²) in [7, 11) is 0. The van der Waals surface area contributed by atoms with Gasteiger partial charge in [-0.25, -0.2) is 14.4 Å². The number of rotatable bonds is 4. The number of phenolic OH excluding ortho intramolecular Hbond substituents is 1. The van der Waals surface area contributed by atoms with E-state index in [-0.39, 0.29) is 22.5 Å². The molecule has 0 aliphatic carbocycles. The lowest BCUT2D eigenvalue weighted by atomic mass is 10.1. The molecular weight excluding hydrogens is 281 g/mol. The molecule has 2 N–H and O–H groups in total. The van der Waals surface area contributed by atoms with Crippen LogP contribution in [0.3, 0.4) is 0 Å². The second kappa shape index (κ2) is 6.05. The zero-order valence-corrected chi connectivity index (χ0v) is 11.9. The van der Waals surface area contributed by atoms with E-state index in [1.807, 2.05) is 6.92 Å². The minimum atomic E-state index is -1.25. The Hall–Kier alpha value is -1.88. The van der Waals surface area contributed by atoms with Crippen molar-refractivity contribution in [3.63, 3.8) is 0 Å². The van der Waals surface area contributed by atoms with E-state index in [1.165, 1.54) is 13.3 Å². The van der Waals surface area contributed by atoms with Crippen LogP contribution in [-0.4, -0.2) is 15.1 Å². The van der Waals surface area contributed by atoms with Crippen LogP contribution in [-0.2, 0) is 0 Å². The largest absolute Gasteiger partial charge is 0.508 e. The molecule has 1 aromatic heterocycles. The van der Waals surface area contributed by atoms with Gasteiger partial charge in [0.25, 0.3) is 0 Å². The summed E-state index contributed by atoms with van der Waals surface area (Å²) in [5, 5.41) is 12.6. The van der Waals surface area contributed by atoms with Crippen molar-refractivity contribution in [1.82, 2.24) is 9.97 Å². The first kappa shape index (κ1) is 14.5. The number of anilines is 1. The highest BCUT2D eigenvalue weighted by Gasteiger charge is 2.16. The number of aromatic nitrogens is 2. The van der Waals surface area contributed by atoms with Crippen molar-refractivity contribution in [2.45, 2.75) is 26.1 Å². The molecule has 106 valence electrons. The van der Waals surface area contributed by atoms with Crippen LogP contribution in [0, 0.1) is 0 Å². The SMILES string of the molecule is CC(F)c1ncnc(NC(C)c2ccc(O)cc2)c1Cl. The van der Waals surface area contributed by atoms with Gasteiger partial charge in [-0.1, -0.05) is 23.7 Å². The fourth-order valence-corrected chi connectivity index (χ4v) is 2.12. The third-order valence-electron chi connectivity index (χ3n) is 2.94. The molecule has 1 heterocycles. The van der Waals surface area contributed by atoms with Gasteiger partial charge >= 0.3 is 0 Å². The molecule has 0 radical (unpaired) electrons. The van der Waals surface area contributed by atoms with Gasteiger partial charge in [0, 0.05) is 6.04 Å². The van der Waals surface area contributed by atoms with Crippen molar-refractivity contribution >= 4 is 17.4 Å². The van der Waals surface area contributed by atoms with Gasteiger partial charge in [-0.05, 0) is 31.5 Å². The molecule has 0 amide bonds.